The van der Waals surface area contributed by atoms with E-state index in [2.05, 4.69) is 71.6 Å². The molecule has 5 fully saturated rings. The summed E-state index contributed by atoms with van der Waals surface area (Å²) in [6, 6.07) is 8.11. The van der Waals surface area contributed by atoms with Crippen LogP contribution in [0.4, 0.5) is 0 Å². The van der Waals surface area contributed by atoms with Gasteiger partial charge in [-0.15, -0.1) is 6.58 Å². The Hall–Kier alpha value is -2.67. The van der Waals surface area contributed by atoms with Crippen LogP contribution < -0.4 is 0 Å². The summed E-state index contributed by atoms with van der Waals surface area (Å²) in [7, 11) is -3.04. The van der Waals surface area contributed by atoms with Crippen molar-refractivity contribution in [3.8, 4) is 0 Å². The summed E-state index contributed by atoms with van der Waals surface area (Å²) >= 11 is 0. The number of sulfone groups is 1. The van der Waals surface area contributed by atoms with Crippen molar-refractivity contribution in [2.45, 2.75) is 119 Å². The highest BCUT2D eigenvalue weighted by Crippen LogP contribution is 2.77. The second-order valence-electron chi connectivity index (χ2n) is 20.3. The Morgan fingerprint density at radius 3 is 2.19 bits per heavy atom. The van der Waals surface area contributed by atoms with Crippen LogP contribution >= 0.6 is 0 Å². The molecule has 1 saturated heterocycles. The first-order valence-electron chi connectivity index (χ1n) is 20.6. The second kappa shape index (κ2) is 12.9. The van der Waals surface area contributed by atoms with Crippen molar-refractivity contribution in [2.24, 2.45) is 56.7 Å². The topological polar surface area (TPSA) is 80.8 Å². The highest BCUT2D eigenvalue weighted by molar-refractivity contribution is 7.91. The molecule has 7 rings (SSSR count). The predicted octanol–water partition coefficient (Wildman–Crippen LogP) is 9.72. The maximum atomic E-state index is 13.4. The number of nitrogens with zero attached hydrogens (tertiary/aromatic N) is 1. The molecule has 5 aliphatic carbocycles. The monoisotopic (exact) mass is 743 g/mol. The van der Waals surface area contributed by atoms with Gasteiger partial charge in [-0.2, -0.15) is 0 Å². The van der Waals surface area contributed by atoms with Gasteiger partial charge in [0.1, 0.15) is 5.60 Å². The Morgan fingerprint density at radius 2 is 1.55 bits per heavy atom. The molecule has 1 aliphatic heterocycles. The molecular weight excluding hydrogens is 679 g/mol. The average Bonchev–Trinajstić information content (AvgIpc) is 3.45. The van der Waals surface area contributed by atoms with Crippen molar-refractivity contribution >= 4 is 27.3 Å². The van der Waals surface area contributed by atoms with Crippen molar-refractivity contribution < 1.29 is 22.7 Å². The van der Waals surface area contributed by atoms with Gasteiger partial charge in [0.25, 0.3) is 0 Å². The maximum absolute atomic E-state index is 13.4. The van der Waals surface area contributed by atoms with E-state index in [1.54, 1.807) is 4.90 Å². The normalized spacial score (nSPS) is 40.3. The average molecular weight is 744 g/mol. The minimum Gasteiger partial charge on any atom is -0.456 e. The fraction of sp³-hybridized carbons (Fsp3) is 0.696. The highest BCUT2D eigenvalue weighted by Gasteiger charge is 2.70. The van der Waals surface area contributed by atoms with E-state index in [0.29, 0.717) is 48.2 Å². The molecule has 0 radical (unpaired) electrons. The molecule has 0 bridgehead atoms. The number of benzene rings is 1. The van der Waals surface area contributed by atoms with E-state index < -0.39 is 15.4 Å². The minimum absolute atomic E-state index is 0.00347. The molecule has 0 N–H and O–H groups in total. The number of allylic oxidation sites excluding steroid dienone is 4. The van der Waals surface area contributed by atoms with Gasteiger partial charge in [0.15, 0.2) is 9.84 Å². The van der Waals surface area contributed by atoms with E-state index in [0.717, 1.165) is 25.7 Å². The van der Waals surface area contributed by atoms with E-state index in [4.69, 9.17) is 4.74 Å². The molecule has 0 aromatic heterocycles. The van der Waals surface area contributed by atoms with Gasteiger partial charge in [-0.3, -0.25) is 4.79 Å². The maximum Gasteiger partial charge on any atom is 0.338 e. The van der Waals surface area contributed by atoms with Crippen molar-refractivity contribution in [1.29, 1.82) is 0 Å². The van der Waals surface area contributed by atoms with Crippen LogP contribution in [0.2, 0.25) is 0 Å². The van der Waals surface area contributed by atoms with E-state index >= 15 is 0 Å². The van der Waals surface area contributed by atoms with E-state index in [1.165, 1.54) is 43.2 Å². The fourth-order valence-electron chi connectivity index (χ4n) is 13.7. The third-order valence-electron chi connectivity index (χ3n) is 16.5. The Morgan fingerprint density at radius 1 is 0.868 bits per heavy atom. The third-order valence-corrected chi connectivity index (χ3v) is 18.1. The number of fused-ring (bicyclic) bond motifs is 7. The first-order valence-corrected chi connectivity index (χ1v) is 22.4. The van der Waals surface area contributed by atoms with Crippen molar-refractivity contribution in [2.75, 3.05) is 24.6 Å². The summed E-state index contributed by atoms with van der Waals surface area (Å²) in [5.41, 5.74) is 3.31. The summed E-state index contributed by atoms with van der Waals surface area (Å²) in [4.78, 5) is 27.9. The number of ether oxygens (including phenoxy) is 1. The van der Waals surface area contributed by atoms with Crippen molar-refractivity contribution in [3.63, 3.8) is 0 Å². The lowest BCUT2D eigenvalue weighted by Gasteiger charge is -2.72. The van der Waals surface area contributed by atoms with Crippen LogP contribution in [0.15, 0.2) is 55.1 Å². The van der Waals surface area contributed by atoms with E-state index in [9.17, 15) is 18.0 Å². The molecule has 1 amide bonds. The van der Waals surface area contributed by atoms with Crippen LogP contribution in [0.25, 0.3) is 5.57 Å². The van der Waals surface area contributed by atoms with Gasteiger partial charge in [-0.1, -0.05) is 65.0 Å². The number of amides is 1. The zero-order valence-corrected chi connectivity index (χ0v) is 34.6. The molecule has 9 atom stereocenters. The number of rotatable bonds is 5. The number of carbonyl (C=O) groups excluding carboxylic acids is 2. The number of carbonyl (C=O) groups is 2. The lowest BCUT2D eigenvalue weighted by atomic mass is 9.32. The molecule has 2 unspecified atom stereocenters. The van der Waals surface area contributed by atoms with Gasteiger partial charge < -0.3 is 9.64 Å². The third kappa shape index (κ3) is 6.22. The van der Waals surface area contributed by atoms with E-state index in [-0.39, 0.29) is 50.5 Å². The van der Waals surface area contributed by atoms with Gasteiger partial charge in [0.05, 0.1) is 17.1 Å². The summed E-state index contributed by atoms with van der Waals surface area (Å²) in [6.45, 7) is 23.5. The highest BCUT2D eigenvalue weighted by atomic mass is 32.2. The molecule has 53 heavy (non-hydrogen) atoms. The first kappa shape index (κ1) is 38.6. The van der Waals surface area contributed by atoms with Gasteiger partial charge in [0, 0.05) is 13.1 Å². The zero-order chi connectivity index (χ0) is 38.4. The summed E-state index contributed by atoms with van der Waals surface area (Å²) < 4.78 is 29.7. The molecule has 1 aromatic carbocycles. The Labute approximate surface area is 320 Å². The summed E-state index contributed by atoms with van der Waals surface area (Å²) in [6.07, 6.45) is 19.4. The van der Waals surface area contributed by atoms with Gasteiger partial charge >= 0.3 is 5.97 Å². The SMILES string of the molecule is C=C[C@@H]1CC[C@]2(/C=C/C(=O)N3CCS(=O)(=O)CC3)CC[C@]3(C)[C@H](CCC4[C@@]5(C)CC=C(c6ccc(C(=O)OC(C)(C)C)cc6)C(C)(C)C5CC[C@]43C)[C@@H]12. The number of esters is 1. The molecule has 7 heteroatoms. The lowest BCUT2D eigenvalue weighted by molar-refractivity contribution is -0.221. The van der Waals surface area contributed by atoms with Crippen LogP contribution in [-0.2, 0) is 19.4 Å². The zero-order valence-electron chi connectivity index (χ0n) is 33.8. The van der Waals surface area contributed by atoms with Crippen LogP contribution in [0.1, 0.15) is 129 Å². The van der Waals surface area contributed by atoms with Crippen molar-refractivity contribution in [1.82, 2.24) is 4.90 Å². The lowest BCUT2D eigenvalue weighted by Crippen LogP contribution is -2.65. The van der Waals surface area contributed by atoms with Gasteiger partial charge in [-0.25, -0.2) is 13.2 Å². The standard InChI is InChI=1S/C46H65NO5S/c1-10-31-17-23-46(24-20-38(48)47-27-29-53(50,51)30-28-47)26-25-44(8)35(39(31)46)15-16-37-43(7)21-18-34(42(5,6)36(43)19-22-45(37,44)9)32-11-13-33(14-12-32)40(49)52-41(2,3)4/h10-14,18,20,24,31,35-37,39H,1,15-17,19,21-23,25-30H2,2-9H3/b24-20+/t31-,35-,36?,37?,39-,43+,44-,45-,46+/m1/s1. The molecule has 1 heterocycles. The summed E-state index contributed by atoms with van der Waals surface area (Å²) in [5, 5.41) is 0. The molecular formula is C46H65NO5S. The first-order chi connectivity index (χ1) is 24.7. The number of hydrogen-bond acceptors (Lipinski definition) is 5. The van der Waals surface area contributed by atoms with Crippen LogP contribution in [0.5, 0.6) is 0 Å². The quantitative estimate of drug-likeness (QED) is 0.171. The van der Waals surface area contributed by atoms with Gasteiger partial charge in [0.2, 0.25) is 5.91 Å². The number of hydrogen-bond donors (Lipinski definition) is 0. The fourth-order valence-corrected chi connectivity index (χ4v) is 15.0. The molecule has 6 nitrogen and oxygen atoms in total. The molecule has 1 aromatic rings. The Kier molecular flexibility index (Phi) is 9.43. The molecule has 4 saturated carbocycles. The van der Waals surface area contributed by atoms with Crippen LogP contribution in [0.3, 0.4) is 0 Å². The molecule has 290 valence electrons. The smallest absolute Gasteiger partial charge is 0.338 e. The largest absolute Gasteiger partial charge is 0.456 e. The molecule has 6 aliphatic rings. The Bertz CT molecular complexity index is 1800. The van der Waals surface area contributed by atoms with E-state index in [1.807, 2.05) is 39.0 Å². The van der Waals surface area contributed by atoms with Crippen LogP contribution in [0, 0.1) is 56.7 Å². The van der Waals surface area contributed by atoms with Crippen molar-refractivity contribution in [3.05, 3.63) is 66.3 Å². The van der Waals surface area contributed by atoms with Gasteiger partial charge in [-0.05, 0) is 165 Å². The predicted molar refractivity (Wildman–Crippen MR) is 214 cm³/mol. The minimum atomic E-state index is -3.04. The summed E-state index contributed by atoms with van der Waals surface area (Å²) in [5.74, 6) is 2.52. The Balaban J connectivity index is 1.14. The van der Waals surface area contributed by atoms with Crippen LogP contribution in [-0.4, -0.2) is 55.4 Å². The molecule has 0 spiro atoms. The second-order valence-corrected chi connectivity index (χ2v) is 22.6.